The minimum absolute atomic E-state index is 0.162. The quantitative estimate of drug-likeness (QED) is 0.828. The SMILES string of the molecule is Cc1cc(C(F)(F)F)ccc1CC1(N)CC1. The Morgan fingerprint density at radius 3 is 2.38 bits per heavy atom. The van der Waals surface area contributed by atoms with E-state index in [0.29, 0.717) is 12.0 Å². The van der Waals surface area contributed by atoms with E-state index in [-0.39, 0.29) is 5.54 Å². The van der Waals surface area contributed by atoms with Gasteiger partial charge in [0.1, 0.15) is 0 Å². The number of alkyl halides is 3. The summed E-state index contributed by atoms with van der Waals surface area (Å²) in [5.74, 6) is 0. The fourth-order valence-corrected chi connectivity index (χ4v) is 1.79. The maximum atomic E-state index is 12.4. The zero-order chi connectivity index (χ0) is 12.0. The van der Waals surface area contributed by atoms with Crippen molar-refractivity contribution < 1.29 is 13.2 Å². The summed E-state index contributed by atoms with van der Waals surface area (Å²) < 4.78 is 37.3. The van der Waals surface area contributed by atoms with Crippen LogP contribution in [0.25, 0.3) is 0 Å². The highest BCUT2D eigenvalue weighted by molar-refractivity contribution is 5.34. The van der Waals surface area contributed by atoms with E-state index < -0.39 is 11.7 Å². The molecule has 1 aliphatic carbocycles. The lowest BCUT2D eigenvalue weighted by atomic mass is 9.98. The van der Waals surface area contributed by atoms with E-state index in [9.17, 15) is 13.2 Å². The lowest BCUT2D eigenvalue weighted by Gasteiger charge is -2.13. The van der Waals surface area contributed by atoms with Crippen LogP contribution < -0.4 is 5.73 Å². The summed E-state index contributed by atoms with van der Waals surface area (Å²) >= 11 is 0. The van der Waals surface area contributed by atoms with Gasteiger partial charge in [0, 0.05) is 5.54 Å². The average Bonchev–Trinajstić information content (AvgIpc) is 2.86. The second-order valence-corrected chi connectivity index (χ2v) is 4.68. The molecule has 1 aromatic carbocycles. The molecule has 0 aliphatic heterocycles. The molecule has 0 bridgehead atoms. The summed E-state index contributed by atoms with van der Waals surface area (Å²) in [6.45, 7) is 1.70. The molecule has 0 aromatic heterocycles. The van der Waals surface area contributed by atoms with E-state index in [1.165, 1.54) is 6.07 Å². The molecule has 0 heterocycles. The molecule has 0 atom stereocenters. The number of hydrogen-bond acceptors (Lipinski definition) is 1. The molecule has 4 heteroatoms. The first-order valence-corrected chi connectivity index (χ1v) is 5.26. The molecule has 1 saturated carbocycles. The summed E-state index contributed by atoms with van der Waals surface area (Å²) in [6.07, 6.45) is -1.65. The Morgan fingerprint density at radius 2 is 1.94 bits per heavy atom. The third-order valence-electron chi connectivity index (χ3n) is 3.10. The van der Waals surface area contributed by atoms with Gasteiger partial charge in [0.2, 0.25) is 0 Å². The average molecular weight is 229 g/mol. The summed E-state index contributed by atoms with van der Waals surface area (Å²) in [6, 6.07) is 3.88. The zero-order valence-electron chi connectivity index (χ0n) is 9.06. The van der Waals surface area contributed by atoms with E-state index in [4.69, 9.17) is 5.73 Å². The van der Waals surface area contributed by atoms with E-state index in [1.54, 1.807) is 13.0 Å². The molecule has 2 rings (SSSR count). The van der Waals surface area contributed by atoms with Crippen molar-refractivity contribution in [1.29, 1.82) is 0 Å². The van der Waals surface area contributed by atoms with Gasteiger partial charge in [-0.2, -0.15) is 13.2 Å². The molecule has 88 valence electrons. The van der Waals surface area contributed by atoms with Crippen LogP contribution in [0, 0.1) is 6.92 Å². The van der Waals surface area contributed by atoms with Gasteiger partial charge in [-0.1, -0.05) is 6.07 Å². The maximum Gasteiger partial charge on any atom is 0.416 e. The number of nitrogens with two attached hydrogens (primary N) is 1. The van der Waals surface area contributed by atoms with E-state index >= 15 is 0 Å². The Morgan fingerprint density at radius 1 is 1.31 bits per heavy atom. The monoisotopic (exact) mass is 229 g/mol. The minimum atomic E-state index is -4.26. The van der Waals surface area contributed by atoms with Crippen LogP contribution >= 0.6 is 0 Å². The van der Waals surface area contributed by atoms with Gasteiger partial charge >= 0.3 is 6.18 Å². The summed E-state index contributed by atoms with van der Waals surface area (Å²) in [7, 11) is 0. The molecule has 0 radical (unpaired) electrons. The molecular formula is C12H14F3N. The first kappa shape index (κ1) is 11.5. The van der Waals surface area contributed by atoms with Gasteiger partial charge in [-0.3, -0.25) is 0 Å². The van der Waals surface area contributed by atoms with Crippen LogP contribution in [0.1, 0.15) is 29.5 Å². The molecule has 0 spiro atoms. The van der Waals surface area contributed by atoms with Crippen LogP contribution in [0.4, 0.5) is 13.2 Å². The molecule has 1 nitrogen and oxygen atoms in total. The lowest BCUT2D eigenvalue weighted by Crippen LogP contribution is -2.25. The predicted molar refractivity (Wildman–Crippen MR) is 56.0 cm³/mol. The van der Waals surface area contributed by atoms with Crippen LogP contribution in [0.2, 0.25) is 0 Å². The third-order valence-corrected chi connectivity index (χ3v) is 3.10. The van der Waals surface area contributed by atoms with Crippen LogP contribution in [0.5, 0.6) is 0 Å². The Labute approximate surface area is 92.5 Å². The van der Waals surface area contributed by atoms with Crippen molar-refractivity contribution in [1.82, 2.24) is 0 Å². The normalized spacial score (nSPS) is 18.6. The van der Waals surface area contributed by atoms with Gasteiger partial charge < -0.3 is 5.73 Å². The van der Waals surface area contributed by atoms with Crippen LogP contribution in [0.15, 0.2) is 18.2 Å². The van der Waals surface area contributed by atoms with Gasteiger partial charge in [0.15, 0.2) is 0 Å². The van der Waals surface area contributed by atoms with E-state index in [2.05, 4.69) is 0 Å². The number of rotatable bonds is 2. The number of benzene rings is 1. The fourth-order valence-electron chi connectivity index (χ4n) is 1.79. The van der Waals surface area contributed by atoms with Gasteiger partial charge in [-0.15, -0.1) is 0 Å². The fraction of sp³-hybridized carbons (Fsp3) is 0.500. The minimum Gasteiger partial charge on any atom is -0.325 e. The van der Waals surface area contributed by atoms with Crippen molar-refractivity contribution in [2.24, 2.45) is 5.73 Å². The largest absolute Gasteiger partial charge is 0.416 e. The molecule has 1 aromatic rings. The number of aryl methyl sites for hydroxylation is 1. The third kappa shape index (κ3) is 2.38. The topological polar surface area (TPSA) is 26.0 Å². The van der Waals surface area contributed by atoms with Crippen LogP contribution in [-0.2, 0) is 12.6 Å². The highest BCUT2D eigenvalue weighted by Gasteiger charge is 2.38. The number of hydrogen-bond donors (Lipinski definition) is 1. The predicted octanol–water partition coefficient (Wildman–Crippen LogP) is 3.05. The molecule has 0 amide bonds. The van der Waals surface area contributed by atoms with Gasteiger partial charge in [-0.05, 0) is 49.4 Å². The molecule has 2 N–H and O–H groups in total. The maximum absolute atomic E-state index is 12.4. The van der Waals surface area contributed by atoms with Crippen LogP contribution in [0.3, 0.4) is 0 Å². The lowest BCUT2D eigenvalue weighted by molar-refractivity contribution is -0.137. The second-order valence-electron chi connectivity index (χ2n) is 4.68. The van der Waals surface area contributed by atoms with E-state index in [1.807, 2.05) is 0 Å². The van der Waals surface area contributed by atoms with Gasteiger partial charge in [-0.25, -0.2) is 0 Å². The Bertz CT molecular complexity index is 405. The Balaban J connectivity index is 2.23. The summed E-state index contributed by atoms with van der Waals surface area (Å²) in [5.41, 5.74) is 6.80. The van der Waals surface area contributed by atoms with Crippen molar-refractivity contribution in [3.05, 3.63) is 34.9 Å². The standard InChI is InChI=1S/C12H14F3N/c1-8-6-10(12(13,14)15)3-2-9(8)7-11(16)4-5-11/h2-3,6H,4-5,7,16H2,1H3. The van der Waals surface area contributed by atoms with Crippen molar-refractivity contribution in [2.75, 3.05) is 0 Å². The second kappa shape index (κ2) is 3.48. The van der Waals surface area contributed by atoms with Crippen molar-refractivity contribution in [3.63, 3.8) is 0 Å². The molecule has 0 unspecified atom stereocenters. The summed E-state index contributed by atoms with van der Waals surface area (Å²) in [4.78, 5) is 0. The first-order chi connectivity index (χ1) is 7.30. The van der Waals surface area contributed by atoms with Crippen molar-refractivity contribution in [2.45, 2.75) is 37.9 Å². The number of halogens is 3. The van der Waals surface area contributed by atoms with Gasteiger partial charge in [0.25, 0.3) is 0 Å². The first-order valence-electron chi connectivity index (χ1n) is 5.26. The smallest absolute Gasteiger partial charge is 0.325 e. The molecular weight excluding hydrogens is 215 g/mol. The molecule has 16 heavy (non-hydrogen) atoms. The Hall–Kier alpha value is -1.03. The highest BCUT2D eigenvalue weighted by Crippen LogP contribution is 2.37. The highest BCUT2D eigenvalue weighted by atomic mass is 19.4. The molecule has 1 aliphatic rings. The molecule has 1 fully saturated rings. The van der Waals surface area contributed by atoms with Crippen LogP contribution in [-0.4, -0.2) is 5.54 Å². The Kier molecular flexibility index (Phi) is 2.49. The van der Waals surface area contributed by atoms with Crippen molar-refractivity contribution in [3.8, 4) is 0 Å². The van der Waals surface area contributed by atoms with Crippen molar-refractivity contribution >= 4 is 0 Å². The zero-order valence-corrected chi connectivity index (χ0v) is 9.06. The van der Waals surface area contributed by atoms with E-state index in [0.717, 1.165) is 24.5 Å². The summed E-state index contributed by atoms with van der Waals surface area (Å²) in [5, 5.41) is 0. The van der Waals surface area contributed by atoms with Gasteiger partial charge in [0.05, 0.1) is 5.56 Å². The molecule has 0 saturated heterocycles.